The van der Waals surface area contributed by atoms with Crippen molar-refractivity contribution in [3.63, 3.8) is 0 Å². The van der Waals surface area contributed by atoms with Gasteiger partial charge in [-0.15, -0.1) is 0 Å². The van der Waals surface area contributed by atoms with Crippen molar-refractivity contribution < 1.29 is 14.4 Å². The second-order valence-corrected chi connectivity index (χ2v) is 9.81. The van der Waals surface area contributed by atoms with Crippen molar-refractivity contribution in [2.45, 2.75) is 38.6 Å². The summed E-state index contributed by atoms with van der Waals surface area (Å²) in [6.45, 7) is 4.33. The minimum Gasteiger partial charge on any atom is -0.300 e. The number of carbonyl (C=O) groups excluding carboxylic acids is 3. The highest BCUT2D eigenvalue weighted by molar-refractivity contribution is 7.22. The van der Waals surface area contributed by atoms with Gasteiger partial charge in [0, 0.05) is 6.42 Å². The van der Waals surface area contributed by atoms with Crippen LogP contribution < -0.4 is 5.32 Å². The van der Waals surface area contributed by atoms with E-state index in [1.54, 1.807) is 24.3 Å². The summed E-state index contributed by atoms with van der Waals surface area (Å²) in [5.41, 5.74) is 3.53. The number of nitrogens with zero attached hydrogens (tertiary/aromatic N) is 2. The van der Waals surface area contributed by atoms with Crippen LogP contribution in [0.4, 0.5) is 5.13 Å². The van der Waals surface area contributed by atoms with Crippen LogP contribution in [0, 0.1) is 0 Å². The summed E-state index contributed by atoms with van der Waals surface area (Å²) in [4.78, 5) is 45.6. The standard InChI is InChI=1S/C28H25N3O3S/c1-3-17(2)19-13-14-22-24(16-19)35-28(29-22)30-25(32)23(15-18-9-5-4-6-10-18)31-26(33)20-11-7-8-12-21(20)27(31)34/h4-14,16-17,23H,3,15H2,1-2H3,(H,29,30,32). The molecule has 0 saturated carbocycles. The first-order valence-corrected chi connectivity index (χ1v) is 12.5. The van der Waals surface area contributed by atoms with Gasteiger partial charge in [-0.1, -0.05) is 73.7 Å². The van der Waals surface area contributed by atoms with Crippen molar-refractivity contribution in [3.05, 3.63) is 95.1 Å². The third kappa shape index (κ3) is 4.35. The Hall–Kier alpha value is -3.84. The maximum absolute atomic E-state index is 13.6. The molecule has 6 nitrogen and oxygen atoms in total. The molecule has 1 N–H and O–H groups in total. The number of carbonyl (C=O) groups is 3. The summed E-state index contributed by atoms with van der Waals surface area (Å²) < 4.78 is 0.985. The van der Waals surface area contributed by atoms with Crippen molar-refractivity contribution in [3.8, 4) is 0 Å². The van der Waals surface area contributed by atoms with Crippen molar-refractivity contribution >= 4 is 44.4 Å². The number of benzene rings is 3. The van der Waals surface area contributed by atoms with E-state index >= 15 is 0 Å². The van der Waals surface area contributed by atoms with Gasteiger partial charge >= 0.3 is 0 Å². The molecule has 2 unspecified atom stereocenters. The van der Waals surface area contributed by atoms with E-state index in [1.165, 1.54) is 16.9 Å². The van der Waals surface area contributed by atoms with Gasteiger partial charge < -0.3 is 5.32 Å². The normalized spacial score (nSPS) is 14.7. The number of thiazole rings is 1. The zero-order chi connectivity index (χ0) is 24.5. The molecule has 7 heteroatoms. The van der Waals surface area contributed by atoms with Crippen LogP contribution in [0.25, 0.3) is 10.2 Å². The van der Waals surface area contributed by atoms with Crippen molar-refractivity contribution in [2.75, 3.05) is 5.32 Å². The molecule has 0 spiro atoms. The van der Waals surface area contributed by atoms with E-state index in [-0.39, 0.29) is 6.42 Å². The van der Waals surface area contributed by atoms with Gasteiger partial charge in [-0.25, -0.2) is 4.98 Å². The lowest BCUT2D eigenvalue weighted by Gasteiger charge is -2.25. The van der Waals surface area contributed by atoms with Gasteiger partial charge in [0.2, 0.25) is 5.91 Å². The Morgan fingerprint density at radius 2 is 1.63 bits per heavy atom. The molecule has 35 heavy (non-hydrogen) atoms. The van der Waals surface area contributed by atoms with Gasteiger partial charge in [-0.2, -0.15) is 0 Å². The van der Waals surface area contributed by atoms with Gasteiger partial charge in [0.15, 0.2) is 5.13 Å². The molecule has 0 bridgehead atoms. The average Bonchev–Trinajstić information content (AvgIpc) is 3.40. The maximum Gasteiger partial charge on any atom is 0.262 e. The molecule has 176 valence electrons. The quantitative estimate of drug-likeness (QED) is 0.344. The highest BCUT2D eigenvalue weighted by atomic mass is 32.1. The molecule has 0 radical (unpaired) electrons. The molecule has 1 aliphatic rings. The van der Waals surface area contributed by atoms with Crippen LogP contribution in [0.5, 0.6) is 0 Å². The molecule has 0 saturated heterocycles. The predicted octanol–water partition coefficient (Wildman–Crippen LogP) is 5.66. The predicted molar refractivity (Wildman–Crippen MR) is 138 cm³/mol. The number of imide groups is 1. The number of fused-ring (bicyclic) bond motifs is 2. The van der Waals surface area contributed by atoms with Crippen LogP contribution in [0.15, 0.2) is 72.8 Å². The largest absolute Gasteiger partial charge is 0.300 e. The molecule has 3 amide bonds. The van der Waals surface area contributed by atoms with Crippen LogP contribution in [0.2, 0.25) is 0 Å². The summed E-state index contributed by atoms with van der Waals surface area (Å²) >= 11 is 1.39. The van der Waals surface area contributed by atoms with E-state index in [2.05, 4.69) is 36.3 Å². The Balaban J connectivity index is 1.46. The molecule has 2 heterocycles. The van der Waals surface area contributed by atoms with Gasteiger partial charge in [0.05, 0.1) is 21.3 Å². The topological polar surface area (TPSA) is 79.4 Å². The molecule has 0 fully saturated rings. The fourth-order valence-corrected chi connectivity index (χ4v) is 5.27. The molecule has 2 atom stereocenters. The first-order valence-electron chi connectivity index (χ1n) is 11.7. The van der Waals surface area contributed by atoms with Gasteiger partial charge in [0.25, 0.3) is 11.8 Å². The lowest BCUT2D eigenvalue weighted by atomic mass is 9.99. The van der Waals surface area contributed by atoms with E-state index in [0.717, 1.165) is 27.1 Å². The second-order valence-electron chi connectivity index (χ2n) is 8.78. The Labute approximate surface area is 207 Å². The molecule has 5 rings (SSSR count). The summed E-state index contributed by atoms with van der Waals surface area (Å²) in [7, 11) is 0. The first-order chi connectivity index (χ1) is 17.0. The molecular formula is C28H25N3O3S. The van der Waals surface area contributed by atoms with E-state index in [4.69, 9.17) is 0 Å². The number of anilines is 1. The molecule has 4 aromatic rings. The van der Waals surface area contributed by atoms with Crippen molar-refractivity contribution in [1.82, 2.24) is 9.88 Å². The number of nitrogens with one attached hydrogen (secondary N) is 1. The zero-order valence-electron chi connectivity index (χ0n) is 19.5. The van der Waals surface area contributed by atoms with Gasteiger partial charge in [0.1, 0.15) is 6.04 Å². The maximum atomic E-state index is 13.6. The van der Waals surface area contributed by atoms with E-state index < -0.39 is 23.8 Å². The summed E-state index contributed by atoms with van der Waals surface area (Å²) in [6, 6.07) is 21.2. The van der Waals surface area contributed by atoms with Gasteiger partial charge in [-0.05, 0) is 47.7 Å². The van der Waals surface area contributed by atoms with Crippen molar-refractivity contribution in [1.29, 1.82) is 0 Å². The number of rotatable bonds is 7. The zero-order valence-corrected chi connectivity index (χ0v) is 20.3. The van der Waals surface area contributed by atoms with Crippen LogP contribution in [-0.4, -0.2) is 33.6 Å². The lowest BCUT2D eigenvalue weighted by Crippen LogP contribution is -2.48. The number of aromatic nitrogens is 1. The van der Waals surface area contributed by atoms with Crippen LogP contribution >= 0.6 is 11.3 Å². The molecule has 0 aliphatic carbocycles. The highest BCUT2D eigenvalue weighted by Crippen LogP contribution is 2.31. The third-order valence-corrected chi connectivity index (χ3v) is 7.47. The number of hydrogen-bond acceptors (Lipinski definition) is 5. The molecule has 1 aliphatic heterocycles. The SMILES string of the molecule is CCC(C)c1ccc2nc(NC(=O)C(Cc3ccccc3)N3C(=O)c4ccccc4C3=O)sc2c1. The average molecular weight is 484 g/mol. The van der Waals surface area contributed by atoms with E-state index in [0.29, 0.717) is 22.2 Å². The minimum atomic E-state index is -1.01. The first kappa shape index (κ1) is 22.9. The number of hydrogen-bond donors (Lipinski definition) is 1. The summed E-state index contributed by atoms with van der Waals surface area (Å²) in [5.74, 6) is -0.915. The third-order valence-electron chi connectivity index (χ3n) is 6.54. The smallest absolute Gasteiger partial charge is 0.262 e. The highest BCUT2D eigenvalue weighted by Gasteiger charge is 2.42. The van der Waals surface area contributed by atoms with Crippen LogP contribution in [0.1, 0.15) is 58.0 Å². The monoisotopic (exact) mass is 483 g/mol. The van der Waals surface area contributed by atoms with Crippen LogP contribution in [0.3, 0.4) is 0 Å². The van der Waals surface area contributed by atoms with Crippen LogP contribution in [-0.2, 0) is 11.2 Å². The molecule has 1 aromatic heterocycles. The summed E-state index contributed by atoms with van der Waals surface area (Å²) in [6.07, 6.45) is 1.25. The Morgan fingerprint density at radius 1 is 0.971 bits per heavy atom. The Morgan fingerprint density at radius 3 is 2.29 bits per heavy atom. The second kappa shape index (κ2) is 9.43. The minimum absolute atomic E-state index is 0.210. The molecular weight excluding hydrogens is 458 g/mol. The number of amides is 3. The molecule has 3 aromatic carbocycles. The fraction of sp³-hybridized carbons (Fsp3) is 0.214. The lowest BCUT2D eigenvalue weighted by molar-refractivity contribution is -0.119. The van der Waals surface area contributed by atoms with E-state index in [1.807, 2.05) is 36.4 Å². The van der Waals surface area contributed by atoms with E-state index in [9.17, 15) is 14.4 Å². The Bertz CT molecular complexity index is 1390. The van der Waals surface area contributed by atoms with Crippen molar-refractivity contribution in [2.24, 2.45) is 0 Å². The summed E-state index contributed by atoms with van der Waals surface area (Å²) in [5, 5.41) is 3.33. The van der Waals surface area contributed by atoms with Gasteiger partial charge in [-0.3, -0.25) is 19.3 Å². The fourth-order valence-electron chi connectivity index (χ4n) is 4.36. The Kier molecular flexibility index (Phi) is 6.17.